The Labute approximate surface area is 391 Å². The van der Waals surface area contributed by atoms with Gasteiger partial charge in [0.2, 0.25) is 0 Å². The molecule has 5 heteroatoms. The van der Waals surface area contributed by atoms with Gasteiger partial charge in [0.05, 0.1) is 22.4 Å². The molecule has 2 aromatic heterocycles. The van der Waals surface area contributed by atoms with Gasteiger partial charge in [-0.15, -0.1) is 0 Å². The summed E-state index contributed by atoms with van der Waals surface area (Å²) >= 11 is 0. The van der Waals surface area contributed by atoms with Gasteiger partial charge in [-0.3, -0.25) is 4.57 Å². The maximum atomic E-state index is 6.83. The van der Waals surface area contributed by atoms with E-state index in [1.807, 2.05) is 6.20 Å². The molecule has 330 valence electrons. The van der Waals surface area contributed by atoms with E-state index >= 15 is 0 Å². The van der Waals surface area contributed by atoms with E-state index < -0.39 is 0 Å². The minimum absolute atomic E-state index is 0.0128. The van der Waals surface area contributed by atoms with Crippen molar-refractivity contribution < 1.29 is 4.74 Å². The summed E-state index contributed by atoms with van der Waals surface area (Å²) in [5.74, 6) is 2.42. The monoisotopic (exact) mass is 864 g/mol. The van der Waals surface area contributed by atoms with Crippen LogP contribution in [0.4, 0.5) is 22.7 Å². The number of rotatable bonds is 7. The van der Waals surface area contributed by atoms with Crippen molar-refractivity contribution in [1.29, 1.82) is 0 Å². The Morgan fingerprint density at radius 2 is 1.11 bits per heavy atom. The summed E-state index contributed by atoms with van der Waals surface area (Å²) < 4.78 is 9.11. The van der Waals surface area contributed by atoms with Crippen LogP contribution in [0.1, 0.15) is 84.6 Å². The lowest BCUT2D eigenvalue weighted by Crippen LogP contribution is -2.24. The zero-order chi connectivity index (χ0) is 46.1. The smallest absolute Gasteiger partial charge is 0.137 e. The average Bonchev–Trinajstić information content (AvgIpc) is 3.84. The third-order valence-electron chi connectivity index (χ3n) is 13.3. The lowest BCUT2D eigenvalue weighted by atomic mass is 9.84. The summed E-state index contributed by atoms with van der Waals surface area (Å²) in [4.78, 5) is 10.0. The van der Waals surface area contributed by atoms with E-state index in [1.54, 1.807) is 0 Å². The van der Waals surface area contributed by atoms with Crippen LogP contribution in [-0.4, -0.2) is 16.2 Å². The first-order valence-electron chi connectivity index (χ1n) is 23.3. The van der Waals surface area contributed by atoms with Crippen molar-refractivity contribution in [2.45, 2.75) is 85.5 Å². The fraction of sp³-hybridized carbons (Fsp3) is 0.230. The van der Waals surface area contributed by atoms with Crippen molar-refractivity contribution in [2.75, 3.05) is 16.5 Å². The van der Waals surface area contributed by atoms with Gasteiger partial charge in [0.15, 0.2) is 0 Å². The van der Waals surface area contributed by atoms with E-state index in [1.165, 1.54) is 61.4 Å². The second-order valence-corrected chi connectivity index (χ2v) is 21.2. The third kappa shape index (κ3) is 8.02. The topological polar surface area (TPSA) is 33.5 Å². The first-order chi connectivity index (χ1) is 31.5. The van der Waals surface area contributed by atoms with E-state index in [2.05, 4.69) is 247 Å². The highest BCUT2D eigenvalue weighted by molar-refractivity contribution is 6.09. The van der Waals surface area contributed by atoms with Crippen molar-refractivity contribution in [1.82, 2.24) is 9.55 Å². The lowest BCUT2D eigenvalue weighted by molar-refractivity contribution is 0.483. The number of ether oxygens (including phenoxy) is 1. The summed E-state index contributed by atoms with van der Waals surface area (Å²) in [6.07, 6.45) is 2.03. The molecule has 0 aliphatic carbocycles. The van der Waals surface area contributed by atoms with Crippen molar-refractivity contribution >= 4 is 44.6 Å². The van der Waals surface area contributed by atoms with E-state index in [0.29, 0.717) is 6.67 Å². The molecule has 0 N–H and O–H groups in total. The number of pyridine rings is 1. The molecule has 3 heterocycles. The molecular weight excluding hydrogens is 805 g/mol. The number of aryl methyl sites for hydroxylation is 1. The van der Waals surface area contributed by atoms with E-state index in [4.69, 9.17) is 9.72 Å². The number of hydrogen-bond donors (Lipinski definition) is 0. The Balaban J connectivity index is 1.01. The van der Waals surface area contributed by atoms with Crippen LogP contribution in [0.3, 0.4) is 0 Å². The molecule has 1 aliphatic heterocycles. The normalized spacial score (nSPS) is 13.2. The molecule has 10 rings (SSSR count). The van der Waals surface area contributed by atoms with E-state index in [-0.39, 0.29) is 16.2 Å². The van der Waals surface area contributed by atoms with Crippen LogP contribution >= 0.6 is 0 Å². The van der Waals surface area contributed by atoms with Crippen LogP contribution in [0.25, 0.3) is 49.9 Å². The fourth-order valence-electron chi connectivity index (χ4n) is 9.40. The molecule has 5 nitrogen and oxygen atoms in total. The zero-order valence-corrected chi connectivity index (χ0v) is 40.1. The molecule has 0 saturated heterocycles. The van der Waals surface area contributed by atoms with Crippen LogP contribution in [0, 0.1) is 6.92 Å². The second kappa shape index (κ2) is 16.1. The summed E-state index contributed by atoms with van der Waals surface area (Å²) in [5, 5.41) is 2.33. The highest BCUT2D eigenvalue weighted by atomic mass is 16.5. The summed E-state index contributed by atoms with van der Waals surface area (Å²) in [6.45, 7) is 23.4. The molecule has 0 amide bonds. The number of anilines is 4. The maximum absolute atomic E-state index is 6.83. The molecule has 0 unspecified atom stereocenters. The summed E-state index contributed by atoms with van der Waals surface area (Å²) in [7, 11) is 0. The second-order valence-electron chi connectivity index (χ2n) is 21.2. The first kappa shape index (κ1) is 42.8. The Morgan fingerprint density at radius 3 is 1.86 bits per heavy atom. The van der Waals surface area contributed by atoms with E-state index in [9.17, 15) is 0 Å². The zero-order valence-electron chi connectivity index (χ0n) is 40.1. The van der Waals surface area contributed by atoms with Gasteiger partial charge in [-0.05, 0) is 123 Å². The number of hydrogen-bond acceptors (Lipinski definition) is 4. The predicted molar refractivity (Wildman–Crippen MR) is 279 cm³/mol. The molecule has 0 bridgehead atoms. The standard InChI is InChI=1S/C61H60N4O/c1-40-30-58(62-38-53(40)42-20-16-21-44(31-42)59(2,3)4)65-54-25-15-14-24-51(54)52-28-27-50(37-56(52)65)66-49-23-17-22-47(36-49)63-39-64(55-29-26-45(35-57(55)63)60(5,6)7)48-33-43(41-18-12-11-13-19-41)32-46(34-48)61(8,9)10/h11-38H,39H2,1-10H3. The Hall–Kier alpha value is -7.11. The molecule has 9 aromatic rings. The van der Waals surface area contributed by atoms with Crippen LogP contribution in [0.15, 0.2) is 170 Å². The quantitative estimate of drug-likeness (QED) is 0.160. The number of para-hydroxylation sites is 1. The Bertz CT molecular complexity index is 3280. The number of aromatic nitrogens is 2. The van der Waals surface area contributed by atoms with Gasteiger partial charge in [-0.25, -0.2) is 4.98 Å². The highest BCUT2D eigenvalue weighted by Gasteiger charge is 2.31. The molecule has 0 spiro atoms. The summed E-state index contributed by atoms with van der Waals surface area (Å²) in [5.41, 5.74) is 16.7. The minimum atomic E-state index is -0.0277. The SMILES string of the molecule is Cc1cc(-n2c3ccccc3c3ccc(Oc4cccc(N5CN(c6cc(-c7ccccc7)cc(C(C)(C)C)c6)c6ccc(C(C)(C)C)cc65)c4)cc32)ncc1-c1cccc(C(C)(C)C)c1. The van der Waals surface area contributed by atoms with Crippen molar-refractivity contribution in [3.8, 4) is 39.6 Å². The van der Waals surface area contributed by atoms with Gasteiger partial charge in [-0.1, -0.05) is 153 Å². The van der Waals surface area contributed by atoms with Crippen molar-refractivity contribution in [3.05, 3.63) is 192 Å². The molecule has 66 heavy (non-hydrogen) atoms. The van der Waals surface area contributed by atoms with Gasteiger partial charge in [-0.2, -0.15) is 0 Å². The van der Waals surface area contributed by atoms with Crippen LogP contribution in [0.5, 0.6) is 11.5 Å². The molecule has 1 aliphatic rings. The van der Waals surface area contributed by atoms with Gasteiger partial charge in [0.25, 0.3) is 0 Å². The average molecular weight is 865 g/mol. The van der Waals surface area contributed by atoms with Crippen LogP contribution < -0.4 is 14.5 Å². The number of benzene rings is 7. The Kier molecular flexibility index (Phi) is 10.4. The molecular formula is C61H60N4O. The molecule has 0 atom stereocenters. The van der Waals surface area contributed by atoms with Crippen LogP contribution in [0.2, 0.25) is 0 Å². The largest absolute Gasteiger partial charge is 0.457 e. The molecule has 0 saturated carbocycles. The fourth-order valence-corrected chi connectivity index (χ4v) is 9.40. The first-order valence-corrected chi connectivity index (χ1v) is 23.3. The lowest BCUT2D eigenvalue weighted by Gasteiger charge is -2.26. The van der Waals surface area contributed by atoms with E-state index in [0.717, 1.165) is 45.0 Å². The summed E-state index contributed by atoms with van der Waals surface area (Å²) in [6, 6.07) is 59.4. The Morgan fingerprint density at radius 1 is 0.455 bits per heavy atom. The maximum Gasteiger partial charge on any atom is 0.137 e. The highest BCUT2D eigenvalue weighted by Crippen LogP contribution is 2.48. The number of fused-ring (bicyclic) bond motifs is 4. The van der Waals surface area contributed by atoms with Crippen molar-refractivity contribution in [2.24, 2.45) is 0 Å². The van der Waals surface area contributed by atoms with Gasteiger partial charge < -0.3 is 14.5 Å². The van der Waals surface area contributed by atoms with Gasteiger partial charge in [0, 0.05) is 46.0 Å². The van der Waals surface area contributed by atoms with Crippen LogP contribution in [-0.2, 0) is 16.2 Å². The molecule has 0 radical (unpaired) electrons. The third-order valence-corrected chi connectivity index (χ3v) is 13.3. The van der Waals surface area contributed by atoms with Crippen molar-refractivity contribution in [3.63, 3.8) is 0 Å². The van der Waals surface area contributed by atoms with Gasteiger partial charge >= 0.3 is 0 Å². The number of nitrogens with zero attached hydrogens (tertiary/aromatic N) is 4. The molecule has 7 aromatic carbocycles. The molecule has 0 fully saturated rings. The van der Waals surface area contributed by atoms with Gasteiger partial charge in [0.1, 0.15) is 24.0 Å². The minimum Gasteiger partial charge on any atom is -0.457 e. The predicted octanol–water partition coefficient (Wildman–Crippen LogP) is 16.8.